The Kier molecular flexibility index (Phi) is 5.26. The molecule has 0 aliphatic carbocycles. The van der Waals surface area contributed by atoms with E-state index in [9.17, 15) is 4.79 Å². The predicted octanol–water partition coefficient (Wildman–Crippen LogP) is 3.36. The molecule has 0 spiro atoms. The van der Waals surface area contributed by atoms with Crippen molar-refractivity contribution in [3.05, 3.63) is 27.3 Å². The minimum Gasteiger partial charge on any atom is -0.298 e. The minimum atomic E-state index is 0.0701. The third-order valence-electron chi connectivity index (χ3n) is 1.72. The molecule has 0 bridgehead atoms. The Hall–Kier alpha value is 0.260. The highest BCUT2D eigenvalue weighted by atomic mass is 127. The number of alkyl halides is 1. The largest absolute Gasteiger partial charge is 0.298 e. The van der Waals surface area contributed by atoms with Crippen LogP contribution in [0.5, 0.6) is 0 Å². The van der Waals surface area contributed by atoms with Gasteiger partial charge in [0.1, 0.15) is 0 Å². The van der Waals surface area contributed by atoms with Gasteiger partial charge in [-0.3, -0.25) is 4.79 Å². The maximum atomic E-state index is 11.2. The van der Waals surface area contributed by atoms with E-state index in [4.69, 9.17) is 11.6 Å². The Balaban J connectivity index is 2.86. The molecule has 0 saturated heterocycles. The molecule has 4 heteroatoms. The molecule has 0 atom stereocenters. The molecule has 0 amide bonds. The lowest BCUT2D eigenvalue weighted by atomic mass is 10.1. The summed E-state index contributed by atoms with van der Waals surface area (Å²) in [5.74, 6) is 0.167. The van der Waals surface area contributed by atoms with E-state index < -0.39 is 0 Å². The number of ketones is 1. The van der Waals surface area contributed by atoms with Gasteiger partial charge in [0.25, 0.3) is 0 Å². The molecule has 0 aromatic heterocycles. The SMILES string of the molecule is CSc1cc(I)cc(CC(=O)CCl)c1. The van der Waals surface area contributed by atoms with Crippen LogP contribution in [0.2, 0.25) is 0 Å². The fourth-order valence-corrected chi connectivity index (χ4v) is 2.67. The van der Waals surface area contributed by atoms with Crippen LogP contribution in [0.4, 0.5) is 0 Å². The molecule has 76 valence electrons. The van der Waals surface area contributed by atoms with Crippen LogP contribution >= 0.6 is 46.0 Å². The third-order valence-corrected chi connectivity index (χ3v) is 3.35. The Bertz CT molecular complexity index is 341. The van der Waals surface area contributed by atoms with E-state index >= 15 is 0 Å². The Morgan fingerprint density at radius 3 is 2.79 bits per heavy atom. The van der Waals surface area contributed by atoms with Gasteiger partial charge in [-0.1, -0.05) is 0 Å². The van der Waals surface area contributed by atoms with Crippen LogP contribution in [-0.4, -0.2) is 17.9 Å². The van der Waals surface area contributed by atoms with Crippen molar-refractivity contribution in [2.24, 2.45) is 0 Å². The van der Waals surface area contributed by atoms with Gasteiger partial charge in [0.2, 0.25) is 0 Å². The molecule has 0 N–H and O–H groups in total. The van der Waals surface area contributed by atoms with Crippen molar-refractivity contribution in [2.75, 3.05) is 12.1 Å². The Morgan fingerprint density at radius 1 is 1.50 bits per heavy atom. The Morgan fingerprint density at radius 2 is 2.21 bits per heavy atom. The lowest BCUT2D eigenvalue weighted by Crippen LogP contribution is -2.03. The van der Waals surface area contributed by atoms with Crippen molar-refractivity contribution in [2.45, 2.75) is 11.3 Å². The van der Waals surface area contributed by atoms with Crippen LogP contribution in [0.3, 0.4) is 0 Å². The van der Waals surface area contributed by atoms with Crippen LogP contribution in [0, 0.1) is 3.57 Å². The molecule has 0 heterocycles. The number of carbonyl (C=O) groups is 1. The number of hydrogen-bond acceptors (Lipinski definition) is 2. The first-order valence-electron chi connectivity index (χ1n) is 4.07. The van der Waals surface area contributed by atoms with E-state index in [1.165, 1.54) is 4.90 Å². The van der Waals surface area contributed by atoms with E-state index in [-0.39, 0.29) is 11.7 Å². The van der Waals surface area contributed by atoms with E-state index in [2.05, 4.69) is 28.7 Å². The number of halogens is 2. The zero-order valence-electron chi connectivity index (χ0n) is 7.72. The second-order valence-corrected chi connectivity index (χ2v) is 5.24. The van der Waals surface area contributed by atoms with Gasteiger partial charge < -0.3 is 0 Å². The second-order valence-electron chi connectivity index (χ2n) is 2.85. The quantitative estimate of drug-likeness (QED) is 0.475. The predicted molar refractivity (Wildman–Crippen MR) is 70.4 cm³/mol. The van der Waals surface area contributed by atoms with Crippen LogP contribution < -0.4 is 0 Å². The number of thioether (sulfide) groups is 1. The number of hydrogen-bond donors (Lipinski definition) is 0. The summed E-state index contributed by atoms with van der Waals surface area (Å²) in [5, 5.41) is 0. The summed E-state index contributed by atoms with van der Waals surface area (Å²) in [5.41, 5.74) is 1.05. The van der Waals surface area contributed by atoms with Crippen molar-refractivity contribution in [1.82, 2.24) is 0 Å². The number of carbonyl (C=O) groups excluding carboxylic acids is 1. The summed E-state index contributed by atoms with van der Waals surface area (Å²) in [4.78, 5) is 12.3. The minimum absolute atomic E-state index is 0.0701. The number of rotatable bonds is 4. The average Bonchev–Trinajstić information content (AvgIpc) is 2.16. The summed E-state index contributed by atoms with van der Waals surface area (Å²) in [7, 11) is 0. The van der Waals surface area contributed by atoms with E-state index in [0.717, 1.165) is 9.13 Å². The maximum absolute atomic E-state index is 11.2. The molecule has 1 aromatic rings. The summed E-state index contributed by atoms with van der Waals surface area (Å²) in [6.07, 6.45) is 2.46. The average molecular weight is 341 g/mol. The molecule has 0 unspecified atom stereocenters. The van der Waals surface area contributed by atoms with Crippen molar-refractivity contribution in [1.29, 1.82) is 0 Å². The fourth-order valence-electron chi connectivity index (χ4n) is 1.12. The summed E-state index contributed by atoms with van der Waals surface area (Å²) >= 11 is 9.40. The lowest BCUT2D eigenvalue weighted by molar-refractivity contribution is -0.116. The molecular weight excluding hydrogens is 331 g/mol. The molecule has 0 saturated carbocycles. The smallest absolute Gasteiger partial charge is 0.151 e. The molecule has 0 radical (unpaired) electrons. The zero-order valence-corrected chi connectivity index (χ0v) is 11.4. The van der Waals surface area contributed by atoms with Gasteiger partial charge in [-0.05, 0) is 52.6 Å². The molecule has 0 aliphatic rings. The van der Waals surface area contributed by atoms with E-state index in [1.807, 2.05) is 18.4 Å². The fraction of sp³-hybridized carbons (Fsp3) is 0.300. The van der Waals surface area contributed by atoms with Gasteiger partial charge in [0, 0.05) is 14.9 Å². The van der Waals surface area contributed by atoms with E-state index in [0.29, 0.717) is 6.42 Å². The highest BCUT2D eigenvalue weighted by molar-refractivity contribution is 14.1. The first kappa shape index (κ1) is 12.3. The molecule has 1 rings (SSSR count). The summed E-state index contributed by atoms with van der Waals surface area (Å²) < 4.78 is 1.16. The van der Waals surface area contributed by atoms with Crippen molar-refractivity contribution >= 4 is 51.7 Å². The number of Topliss-reactive ketones (excluding diaryl/α,β-unsaturated/α-hetero) is 1. The van der Waals surface area contributed by atoms with Gasteiger partial charge in [-0.25, -0.2) is 0 Å². The standard InChI is InChI=1S/C10H10ClIOS/c1-14-10-4-7(2-8(12)5-10)3-9(13)6-11/h2,4-5H,3,6H2,1H3. The number of benzene rings is 1. The topological polar surface area (TPSA) is 17.1 Å². The van der Waals surface area contributed by atoms with Gasteiger partial charge in [0.05, 0.1) is 5.88 Å². The molecule has 1 nitrogen and oxygen atoms in total. The molecule has 0 aliphatic heterocycles. The summed E-state index contributed by atoms with van der Waals surface area (Å²) in [6, 6.07) is 6.15. The second kappa shape index (κ2) is 5.98. The zero-order chi connectivity index (χ0) is 10.6. The monoisotopic (exact) mass is 340 g/mol. The first-order valence-corrected chi connectivity index (χ1v) is 6.90. The summed E-state index contributed by atoms with van der Waals surface area (Å²) in [6.45, 7) is 0. The molecular formula is C10H10ClIOS. The van der Waals surface area contributed by atoms with Gasteiger partial charge in [-0.15, -0.1) is 23.4 Å². The van der Waals surface area contributed by atoms with Crippen molar-refractivity contribution < 1.29 is 4.79 Å². The third kappa shape index (κ3) is 3.79. The van der Waals surface area contributed by atoms with Gasteiger partial charge in [-0.2, -0.15) is 0 Å². The van der Waals surface area contributed by atoms with Crippen molar-refractivity contribution in [3.63, 3.8) is 0 Å². The highest BCUT2D eigenvalue weighted by Crippen LogP contribution is 2.20. The molecule has 14 heavy (non-hydrogen) atoms. The highest BCUT2D eigenvalue weighted by Gasteiger charge is 2.04. The van der Waals surface area contributed by atoms with Crippen LogP contribution in [0.15, 0.2) is 23.1 Å². The van der Waals surface area contributed by atoms with E-state index in [1.54, 1.807) is 11.8 Å². The Labute approximate surface area is 107 Å². The molecule has 0 fully saturated rings. The van der Waals surface area contributed by atoms with Crippen LogP contribution in [0.1, 0.15) is 5.56 Å². The van der Waals surface area contributed by atoms with Crippen molar-refractivity contribution in [3.8, 4) is 0 Å². The van der Waals surface area contributed by atoms with Crippen LogP contribution in [-0.2, 0) is 11.2 Å². The first-order chi connectivity index (χ1) is 6.65. The maximum Gasteiger partial charge on any atom is 0.151 e. The van der Waals surface area contributed by atoms with Gasteiger partial charge >= 0.3 is 0 Å². The lowest BCUT2D eigenvalue weighted by Gasteiger charge is -2.03. The van der Waals surface area contributed by atoms with Gasteiger partial charge in [0.15, 0.2) is 5.78 Å². The normalized spacial score (nSPS) is 10.2. The molecule has 1 aromatic carbocycles. The van der Waals surface area contributed by atoms with Crippen LogP contribution in [0.25, 0.3) is 0 Å².